The second kappa shape index (κ2) is 9.06. The number of hydrogen-bond donors (Lipinski definition) is 1. The molecule has 3 nitrogen and oxygen atoms in total. The predicted octanol–water partition coefficient (Wildman–Crippen LogP) is 3.54. The Morgan fingerprint density at radius 1 is 1.05 bits per heavy atom. The molecule has 120 valence electrons. The highest BCUT2D eigenvalue weighted by Gasteiger charge is 2.12. The molecule has 0 aromatic heterocycles. The Morgan fingerprint density at radius 2 is 1.67 bits per heavy atom. The Kier molecular flexibility index (Phi) is 7.76. The zero-order valence-electron chi connectivity index (χ0n) is 14.5. The lowest BCUT2D eigenvalue weighted by Gasteiger charge is -2.26. The van der Waals surface area contributed by atoms with Crippen LogP contribution in [0.1, 0.15) is 39.7 Å². The minimum absolute atomic E-state index is 0.228. The number of rotatable bonds is 9. The van der Waals surface area contributed by atoms with E-state index in [-0.39, 0.29) is 6.10 Å². The first-order chi connectivity index (χ1) is 9.88. The zero-order chi connectivity index (χ0) is 15.8. The van der Waals surface area contributed by atoms with Crippen molar-refractivity contribution in [1.29, 1.82) is 0 Å². The topological polar surface area (TPSA) is 24.5 Å². The molecule has 1 rings (SSSR count). The third-order valence-corrected chi connectivity index (χ3v) is 3.48. The zero-order valence-corrected chi connectivity index (χ0v) is 14.5. The quantitative estimate of drug-likeness (QED) is 0.753. The lowest BCUT2D eigenvalue weighted by atomic mass is 10.0. The van der Waals surface area contributed by atoms with Crippen molar-refractivity contribution in [3.63, 3.8) is 0 Å². The van der Waals surface area contributed by atoms with E-state index in [2.05, 4.69) is 62.4 Å². The van der Waals surface area contributed by atoms with Gasteiger partial charge in [0.05, 0.1) is 6.10 Å². The first kappa shape index (κ1) is 18.0. The van der Waals surface area contributed by atoms with Gasteiger partial charge in [-0.15, -0.1) is 0 Å². The Morgan fingerprint density at radius 3 is 2.14 bits per heavy atom. The maximum atomic E-state index is 5.66. The van der Waals surface area contributed by atoms with E-state index in [0.717, 1.165) is 24.8 Å². The van der Waals surface area contributed by atoms with Crippen molar-refractivity contribution in [2.45, 2.75) is 52.8 Å². The molecule has 1 aromatic rings. The van der Waals surface area contributed by atoms with Crippen LogP contribution in [0.25, 0.3) is 0 Å². The van der Waals surface area contributed by atoms with Gasteiger partial charge >= 0.3 is 0 Å². The normalized spacial score (nSPS) is 13.2. The number of nitrogens with zero attached hydrogens (tertiary/aromatic N) is 1. The summed E-state index contributed by atoms with van der Waals surface area (Å²) in [5, 5.41) is 3.57. The molecule has 0 spiro atoms. The Balaban J connectivity index is 2.40. The molecule has 1 aromatic carbocycles. The van der Waals surface area contributed by atoms with Gasteiger partial charge in [0.2, 0.25) is 0 Å². The van der Waals surface area contributed by atoms with Gasteiger partial charge in [-0.1, -0.05) is 26.0 Å². The highest BCUT2D eigenvalue weighted by atomic mass is 16.5. The molecule has 3 heteroatoms. The molecule has 0 amide bonds. The number of hydrogen-bond acceptors (Lipinski definition) is 3. The molecule has 0 aliphatic carbocycles. The fourth-order valence-corrected chi connectivity index (χ4v) is 2.36. The summed E-state index contributed by atoms with van der Waals surface area (Å²) in [7, 11) is 4.32. The third-order valence-electron chi connectivity index (χ3n) is 3.48. The van der Waals surface area contributed by atoms with E-state index in [1.165, 1.54) is 12.0 Å². The smallest absolute Gasteiger partial charge is 0.119 e. The molecule has 1 atom stereocenters. The van der Waals surface area contributed by atoms with Crippen LogP contribution in [0.3, 0.4) is 0 Å². The van der Waals surface area contributed by atoms with Gasteiger partial charge in [-0.3, -0.25) is 0 Å². The van der Waals surface area contributed by atoms with Crippen molar-refractivity contribution < 1.29 is 4.74 Å². The average molecular weight is 292 g/mol. The Hall–Kier alpha value is -1.06. The second-order valence-corrected chi connectivity index (χ2v) is 6.69. The Bertz CT molecular complexity index is 385. The lowest BCUT2D eigenvalue weighted by Crippen LogP contribution is -2.38. The third kappa shape index (κ3) is 7.49. The van der Waals surface area contributed by atoms with Crippen molar-refractivity contribution in [2.75, 3.05) is 20.6 Å². The van der Waals surface area contributed by atoms with E-state index < -0.39 is 0 Å². The van der Waals surface area contributed by atoms with Crippen LogP contribution in [0.2, 0.25) is 0 Å². The van der Waals surface area contributed by atoms with Crippen molar-refractivity contribution in [2.24, 2.45) is 5.92 Å². The molecular weight excluding hydrogens is 260 g/mol. The van der Waals surface area contributed by atoms with Gasteiger partial charge in [-0.2, -0.15) is 0 Å². The molecule has 0 saturated heterocycles. The monoisotopic (exact) mass is 292 g/mol. The van der Waals surface area contributed by atoms with Crippen LogP contribution >= 0.6 is 0 Å². The molecular formula is C18H32N2O. The minimum Gasteiger partial charge on any atom is -0.491 e. The minimum atomic E-state index is 0.228. The van der Waals surface area contributed by atoms with Crippen molar-refractivity contribution in [3.8, 4) is 5.75 Å². The first-order valence-electron chi connectivity index (χ1n) is 8.01. The summed E-state index contributed by atoms with van der Waals surface area (Å²) in [6, 6.07) is 8.97. The molecule has 21 heavy (non-hydrogen) atoms. The lowest BCUT2D eigenvalue weighted by molar-refractivity contribution is 0.242. The van der Waals surface area contributed by atoms with Crippen LogP contribution in [0.4, 0.5) is 0 Å². The van der Waals surface area contributed by atoms with Gasteiger partial charge in [0.1, 0.15) is 5.75 Å². The molecule has 0 radical (unpaired) electrons. The van der Waals surface area contributed by atoms with Gasteiger partial charge in [0, 0.05) is 19.1 Å². The average Bonchev–Trinajstić information content (AvgIpc) is 2.38. The summed E-state index contributed by atoms with van der Waals surface area (Å²) in [5.74, 6) is 1.67. The molecule has 0 saturated carbocycles. The molecule has 1 N–H and O–H groups in total. The molecule has 0 fully saturated rings. The van der Waals surface area contributed by atoms with E-state index in [1.807, 2.05) is 13.8 Å². The Labute approximate surface area is 130 Å². The summed E-state index contributed by atoms with van der Waals surface area (Å²) >= 11 is 0. The van der Waals surface area contributed by atoms with Gasteiger partial charge in [-0.05, 0) is 58.0 Å². The van der Waals surface area contributed by atoms with Gasteiger partial charge in [0.15, 0.2) is 0 Å². The van der Waals surface area contributed by atoms with E-state index in [9.17, 15) is 0 Å². The molecule has 1 unspecified atom stereocenters. The first-order valence-corrected chi connectivity index (χ1v) is 8.01. The summed E-state index contributed by atoms with van der Waals surface area (Å²) in [4.78, 5) is 2.31. The van der Waals surface area contributed by atoms with Crippen LogP contribution in [-0.4, -0.2) is 37.7 Å². The van der Waals surface area contributed by atoms with Crippen LogP contribution in [0.5, 0.6) is 5.75 Å². The number of nitrogens with one attached hydrogen (secondary N) is 1. The maximum Gasteiger partial charge on any atom is 0.119 e. The fourth-order valence-electron chi connectivity index (χ4n) is 2.36. The largest absolute Gasteiger partial charge is 0.491 e. The number of benzene rings is 1. The maximum absolute atomic E-state index is 5.66. The fraction of sp³-hybridized carbons (Fsp3) is 0.667. The van der Waals surface area contributed by atoms with Crippen LogP contribution in [-0.2, 0) is 6.54 Å². The summed E-state index contributed by atoms with van der Waals surface area (Å²) in [5.41, 5.74) is 1.30. The summed E-state index contributed by atoms with van der Waals surface area (Å²) in [6.07, 6.45) is 1.45. The standard InChI is InChI=1S/C18H32N2O/c1-14(2)11-17(20(5)6)13-19-12-16-7-9-18(10-8-16)21-15(3)4/h7-10,14-15,17,19H,11-13H2,1-6H3. The van der Waals surface area contributed by atoms with Gasteiger partial charge < -0.3 is 15.0 Å². The van der Waals surface area contributed by atoms with Crippen LogP contribution < -0.4 is 10.1 Å². The van der Waals surface area contributed by atoms with Crippen LogP contribution in [0, 0.1) is 5.92 Å². The molecule has 0 aliphatic rings. The highest BCUT2D eigenvalue weighted by molar-refractivity contribution is 5.27. The van der Waals surface area contributed by atoms with Crippen molar-refractivity contribution >= 4 is 0 Å². The summed E-state index contributed by atoms with van der Waals surface area (Å²) in [6.45, 7) is 10.6. The SMILES string of the molecule is CC(C)CC(CNCc1ccc(OC(C)C)cc1)N(C)C. The highest BCUT2D eigenvalue weighted by Crippen LogP contribution is 2.14. The van der Waals surface area contributed by atoms with Gasteiger partial charge in [-0.25, -0.2) is 0 Å². The van der Waals surface area contributed by atoms with Crippen LogP contribution in [0.15, 0.2) is 24.3 Å². The molecule has 0 heterocycles. The van der Waals surface area contributed by atoms with Crippen molar-refractivity contribution in [3.05, 3.63) is 29.8 Å². The second-order valence-electron chi connectivity index (χ2n) is 6.69. The van der Waals surface area contributed by atoms with Gasteiger partial charge in [0.25, 0.3) is 0 Å². The van der Waals surface area contributed by atoms with E-state index in [1.54, 1.807) is 0 Å². The predicted molar refractivity (Wildman–Crippen MR) is 90.8 cm³/mol. The van der Waals surface area contributed by atoms with E-state index in [4.69, 9.17) is 4.74 Å². The van der Waals surface area contributed by atoms with Crippen molar-refractivity contribution in [1.82, 2.24) is 10.2 Å². The summed E-state index contributed by atoms with van der Waals surface area (Å²) < 4.78 is 5.66. The number of likely N-dealkylation sites (N-methyl/N-ethyl adjacent to an activating group) is 1. The van der Waals surface area contributed by atoms with E-state index in [0.29, 0.717) is 6.04 Å². The number of ether oxygens (including phenoxy) is 1. The molecule has 0 aliphatic heterocycles. The molecule has 0 bridgehead atoms. The van der Waals surface area contributed by atoms with E-state index >= 15 is 0 Å².